The Morgan fingerprint density at radius 3 is 2.70 bits per heavy atom. The number of hydrogen-bond donors (Lipinski definition) is 2. The Kier molecular flexibility index (Phi) is 4.65. The first-order valence-corrected chi connectivity index (χ1v) is 6.68. The molecule has 0 bridgehead atoms. The largest absolute Gasteiger partial charge is 0.271 e. The molecule has 1 aromatic carbocycles. The topological polar surface area (TPSA) is 63.8 Å². The molecule has 1 aromatic heterocycles. The number of hydrogen-bond acceptors (Lipinski definition) is 4. The molecule has 0 radical (unpaired) electrons. The van der Waals surface area contributed by atoms with Crippen molar-refractivity contribution in [3.8, 4) is 0 Å². The maximum atomic E-state index is 13.5. The number of halogens is 2. The molecule has 0 saturated carbocycles. The van der Waals surface area contributed by atoms with Gasteiger partial charge in [0.25, 0.3) is 0 Å². The predicted octanol–water partition coefficient (Wildman–Crippen LogP) is 2.69. The van der Waals surface area contributed by atoms with Crippen molar-refractivity contribution >= 4 is 11.6 Å². The number of nitrogens with zero attached hydrogens (tertiary/aromatic N) is 2. The van der Waals surface area contributed by atoms with Crippen molar-refractivity contribution in [2.75, 3.05) is 0 Å². The van der Waals surface area contributed by atoms with E-state index >= 15 is 0 Å². The smallest absolute Gasteiger partial charge is 0.123 e. The first-order valence-electron chi connectivity index (χ1n) is 6.31. The average Bonchev–Trinajstić information content (AvgIpc) is 2.44. The zero-order valence-corrected chi connectivity index (χ0v) is 12.1. The lowest BCUT2D eigenvalue weighted by atomic mass is 9.96. The summed E-state index contributed by atoms with van der Waals surface area (Å²) in [6, 6.07) is 5.67. The summed E-state index contributed by atoms with van der Waals surface area (Å²) in [4.78, 5) is 0. The number of aromatic nitrogens is 2. The molecule has 1 atom stereocenters. The molecule has 20 heavy (non-hydrogen) atoms. The molecule has 1 unspecified atom stereocenters. The minimum absolute atomic E-state index is 0.360. The van der Waals surface area contributed by atoms with Crippen molar-refractivity contribution in [1.29, 1.82) is 0 Å². The van der Waals surface area contributed by atoms with Gasteiger partial charge >= 0.3 is 0 Å². The van der Waals surface area contributed by atoms with Gasteiger partial charge in [-0.3, -0.25) is 5.84 Å². The summed E-state index contributed by atoms with van der Waals surface area (Å²) in [5, 5.41) is 8.65. The summed E-state index contributed by atoms with van der Waals surface area (Å²) < 4.78 is 13.5. The molecule has 0 spiro atoms. The second-order valence-corrected chi connectivity index (χ2v) is 4.91. The van der Waals surface area contributed by atoms with Crippen LogP contribution in [0.4, 0.5) is 4.39 Å². The number of benzene rings is 1. The van der Waals surface area contributed by atoms with Crippen LogP contribution in [0.25, 0.3) is 0 Å². The normalized spacial score (nSPS) is 12.4. The van der Waals surface area contributed by atoms with Gasteiger partial charge in [0.2, 0.25) is 0 Å². The van der Waals surface area contributed by atoms with Crippen LogP contribution in [0.2, 0.25) is 5.02 Å². The number of hydrazine groups is 1. The van der Waals surface area contributed by atoms with E-state index in [1.165, 1.54) is 18.2 Å². The van der Waals surface area contributed by atoms with Gasteiger partial charge in [-0.25, -0.2) is 9.82 Å². The first-order chi connectivity index (χ1) is 9.56. The highest BCUT2D eigenvalue weighted by Gasteiger charge is 2.20. The van der Waals surface area contributed by atoms with Crippen LogP contribution in [0.15, 0.2) is 24.3 Å². The molecule has 0 aliphatic heterocycles. The van der Waals surface area contributed by atoms with Gasteiger partial charge in [-0.05, 0) is 43.2 Å². The Morgan fingerprint density at radius 1 is 1.30 bits per heavy atom. The third kappa shape index (κ3) is 2.95. The minimum Gasteiger partial charge on any atom is -0.271 e. The van der Waals surface area contributed by atoms with Gasteiger partial charge in [-0.2, -0.15) is 10.2 Å². The Morgan fingerprint density at radius 2 is 2.05 bits per heavy atom. The lowest BCUT2D eigenvalue weighted by Gasteiger charge is -2.20. The summed E-state index contributed by atoms with van der Waals surface area (Å²) in [7, 11) is 0. The van der Waals surface area contributed by atoms with Crippen molar-refractivity contribution in [2.24, 2.45) is 5.84 Å². The number of nitrogens with two attached hydrogens (primary N) is 1. The number of aryl methyl sites for hydroxylation is 2. The Hall–Kier alpha value is -1.56. The standard InChI is InChI=1S/C14H16ClFN4/c1-3-13-11(6-8(2)19-20-13)14(18-17)10-7-9(16)4-5-12(10)15/h4-7,14,18H,3,17H2,1-2H3. The summed E-state index contributed by atoms with van der Waals surface area (Å²) >= 11 is 6.16. The van der Waals surface area contributed by atoms with Gasteiger partial charge < -0.3 is 0 Å². The fourth-order valence-corrected chi connectivity index (χ4v) is 2.37. The molecule has 2 aromatic rings. The monoisotopic (exact) mass is 294 g/mol. The van der Waals surface area contributed by atoms with Gasteiger partial charge in [0.05, 0.1) is 17.4 Å². The van der Waals surface area contributed by atoms with Crippen LogP contribution in [-0.2, 0) is 6.42 Å². The highest BCUT2D eigenvalue weighted by Crippen LogP contribution is 2.30. The zero-order chi connectivity index (χ0) is 14.7. The SMILES string of the molecule is CCc1nnc(C)cc1C(NN)c1cc(F)ccc1Cl. The second kappa shape index (κ2) is 6.26. The maximum absolute atomic E-state index is 13.5. The second-order valence-electron chi connectivity index (χ2n) is 4.51. The summed E-state index contributed by atoms with van der Waals surface area (Å²) in [6.07, 6.45) is 0.702. The lowest BCUT2D eigenvalue weighted by Crippen LogP contribution is -2.30. The van der Waals surface area contributed by atoms with E-state index in [4.69, 9.17) is 17.4 Å². The van der Waals surface area contributed by atoms with Crippen molar-refractivity contribution < 1.29 is 4.39 Å². The van der Waals surface area contributed by atoms with E-state index in [-0.39, 0.29) is 5.82 Å². The predicted molar refractivity (Wildman–Crippen MR) is 76.7 cm³/mol. The fourth-order valence-electron chi connectivity index (χ4n) is 2.14. The zero-order valence-electron chi connectivity index (χ0n) is 11.3. The molecule has 0 saturated heterocycles. The van der Waals surface area contributed by atoms with Crippen molar-refractivity contribution in [2.45, 2.75) is 26.3 Å². The van der Waals surface area contributed by atoms with Crippen LogP contribution in [0.3, 0.4) is 0 Å². The van der Waals surface area contributed by atoms with E-state index in [1.54, 1.807) is 0 Å². The minimum atomic E-state index is -0.428. The van der Waals surface area contributed by atoms with E-state index in [0.29, 0.717) is 17.0 Å². The molecular formula is C14H16ClFN4. The van der Waals surface area contributed by atoms with Gasteiger partial charge in [0.1, 0.15) is 5.82 Å². The van der Waals surface area contributed by atoms with E-state index in [0.717, 1.165) is 17.0 Å². The molecule has 2 rings (SSSR count). The van der Waals surface area contributed by atoms with Crippen LogP contribution in [0.5, 0.6) is 0 Å². The fraction of sp³-hybridized carbons (Fsp3) is 0.286. The Labute approximate surface area is 122 Å². The van der Waals surface area contributed by atoms with Crippen molar-refractivity contribution in [3.63, 3.8) is 0 Å². The van der Waals surface area contributed by atoms with E-state index < -0.39 is 6.04 Å². The van der Waals surface area contributed by atoms with Gasteiger partial charge in [0, 0.05) is 10.6 Å². The van der Waals surface area contributed by atoms with Gasteiger partial charge in [0.15, 0.2) is 0 Å². The number of nitrogens with one attached hydrogen (secondary N) is 1. The quantitative estimate of drug-likeness (QED) is 0.672. The maximum Gasteiger partial charge on any atom is 0.123 e. The molecule has 1 heterocycles. The molecule has 4 nitrogen and oxygen atoms in total. The van der Waals surface area contributed by atoms with E-state index in [9.17, 15) is 4.39 Å². The van der Waals surface area contributed by atoms with Crippen LogP contribution < -0.4 is 11.3 Å². The third-order valence-corrected chi connectivity index (χ3v) is 3.45. The Balaban J connectivity index is 2.57. The van der Waals surface area contributed by atoms with E-state index in [2.05, 4.69) is 15.6 Å². The van der Waals surface area contributed by atoms with Crippen molar-refractivity contribution in [1.82, 2.24) is 15.6 Å². The molecule has 6 heteroatoms. The van der Waals surface area contributed by atoms with Gasteiger partial charge in [-0.15, -0.1) is 0 Å². The molecule has 0 aliphatic carbocycles. The Bertz CT molecular complexity index is 618. The molecule has 0 fully saturated rings. The van der Waals surface area contributed by atoms with Crippen LogP contribution in [0, 0.1) is 12.7 Å². The van der Waals surface area contributed by atoms with E-state index in [1.807, 2.05) is 19.9 Å². The highest BCUT2D eigenvalue weighted by atomic mass is 35.5. The van der Waals surface area contributed by atoms with Crippen LogP contribution >= 0.6 is 11.6 Å². The molecular weight excluding hydrogens is 279 g/mol. The van der Waals surface area contributed by atoms with Gasteiger partial charge in [-0.1, -0.05) is 18.5 Å². The summed E-state index contributed by atoms with van der Waals surface area (Å²) in [5.74, 6) is 5.29. The third-order valence-electron chi connectivity index (χ3n) is 3.11. The summed E-state index contributed by atoms with van der Waals surface area (Å²) in [5.41, 5.74) is 5.70. The lowest BCUT2D eigenvalue weighted by molar-refractivity contribution is 0.599. The molecule has 106 valence electrons. The first kappa shape index (κ1) is 14.8. The van der Waals surface area contributed by atoms with Crippen molar-refractivity contribution in [3.05, 3.63) is 57.6 Å². The average molecular weight is 295 g/mol. The molecule has 0 aliphatic rings. The number of rotatable bonds is 4. The highest BCUT2D eigenvalue weighted by molar-refractivity contribution is 6.31. The molecule has 0 amide bonds. The van der Waals surface area contributed by atoms with Crippen LogP contribution in [-0.4, -0.2) is 10.2 Å². The summed E-state index contributed by atoms with van der Waals surface area (Å²) in [6.45, 7) is 3.82. The molecule has 3 N–H and O–H groups in total. The van der Waals surface area contributed by atoms with Crippen LogP contribution in [0.1, 0.15) is 35.5 Å².